The Morgan fingerprint density at radius 2 is 1.88 bits per heavy atom. The van der Waals surface area contributed by atoms with E-state index < -0.39 is 11.9 Å². The van der Waals surface area contributed by atoms with Crippen molar-refractivity contribution in [3.8, 4) is 0 Å². The molecule has 0 aromatic carbocycles. The minimum Gasteiger partial charge on any atom is -0.480 e. The summed E-state index contributed by atoms with van der Waals surface area (Å²) in [4.78, 5) is 23.9. The molecule has 0 bridgehead atoms. The molecule has 1 aromatic heterocycles. The second kappa shape index (κ2) is 5.79. The lowest BCUT2D eigenvalue weighted by Gasteiger charge is -2.25. The fraction of sp³-hybridized carbons (Fsp3) is 0.455. The minimum absolute atomic E-state index is 0.206. The maximum Gasteiger partial charge on any atom is 0.317 e. The molecule has 0 amide bonds. The Hall–Kier alpha value is -1.40. The normalized spacial score (nSPS) is 12.6. The number of thiophene rings is 1. The van der Waals surface area contributed by atoms with Gasteiger partial charge in [0.25, 0.3) is 0 Å². The van der Waals surface area contributed by atoms with Gasteiger partial charge < -0.3 is 10.2 Å². The Bertz CT molecular complexity index is 399. The van der Waals surface area contributed by atoms with Gasteiger partial charge in [0.05, 0.1) is 13.1 Å². The van der Waals surface area contributed by atoms with E-state index >= 15 is 0 Å². The average molecular weight is 257 g/mol. The fourth-order valence-corrected chi connectivity index (χ4v) is 2.67. The molecule has 0 spiro atoms. The Morgan fingerprint density at radius 3 is 2.24 bits per heavy atom. The third kappa shape index (κ3) is 3.83. The van der Waals surface area contributed by atoms with E-state index in [9.17, 15) is 9.59 Å². The zero-order valence-electron chi connectivity index (χ0n) is 9.71. The minimum atomic E-state index is -1.02. The molecular formula is C11H15NO4S. The molecule has 0 fully saturated rings. The highest BCUT2D eigenvalue weighted by Crippen LogP contribution is 2.27. The molecule has 1 rings (SSSR count). The van der Waals surface area contributed by atoms with Crippen molar-refractivity contribution in [3.05, 3.63) is 21.9 Å². The van der Waals surface area contributed by atoms with E-state index in [2.05, 4.69) is 0 Å². The highest BCUT2D eigenvalue weighted by atomic mass is 32.1. The standard InChI is InChI=1S/C11H15NO4S/c1-7-3-4-17-11(7)8(2)12(5-9(13)14)6-10(15)16/h3-4,8H,5-6H2,1-2H3,(H,13,14)(H,15,16). The second-order valence-corrected chi connectivity index (χ2v) is 4.78. The van der Waals surface area contributed by atoms with Gasteiger partial charge in [-0.25, -0.2) is 0 Å². The lowest BCUT2D eigenvalue weighted by Crippen LogP contribution is -2.36. The van der Waals surface area contributed by atoms with Crippen LogP contribution in [0.2, 0.25) is 0 Å². The topological polar surface area (TPSA) is 77.8 Å². The highest BCUT2D eigenvalue weighted by Gasteiger charge is 2.22. The summed E-state index contributed by atoms with van der Waals surface area (Å²) in [5.74, 6) is -2.04. The Kier molecular flexibility index (Phi) is 4.65. The molecule has 0 saturated carbocycles. The predicted molar refractivity (Wildman–Crippen MR) is 64.3 cm³/mol. The van der Waals surface area contributed by atoms with E-state index in [1.165, 1.54) is 16.2 Å². The molecule has 1 heterocycles. The lowest BCUT2D eigenvalue weighted by molar-refractivity contribution is -0.142. The van der Waals surface area contributed by atoms with Crippen LogP contribution in [0, 0.1) is 6.92 Å². The fourth-order valence-electron chi connectivity index (χ4n) is 1.66. The Morgan fingerprint density at radius 1 is 1.35 bits per heavy atom. The van der Waals surface area contributed by atoms with Gasteiger partial charge in [-0.15, -0.1) is 11.3 Å². The lowest BCUT2D eigenvalue weighted by atomic mass is 10.1. The van der Waals surface area contributed by atoms with Crippen molar-refractivity contribution < 1.29 is 19.8 Å². The first kappa shape index (κ1) is 13.7. The van der Waals surface area contributed by atoms with Gasteiger partial charge in [-0.1, -0.05) is 0 Å². The van der Waals surface area contributed by atoms with Gasteiger partial charge >= 0.3 is 11.9 Å². The summed E-state index contributed by atoms with van der Waals surface area (Å²) < 4.78 is 0. The quantitative estimate of drug-likeness (QED) is 0.809. The highest BCUT2D eigenvalue weighted by molar-refractivity contribution is 7.10. The molecule has 94 valence electrons. The third-order valence-electron chi connectivity index (χ3n) is 2.51. The van der Waals surface area contributed by atoms with Crippen LogP contribution in [-0.4, -0.2) is 40.1 Å². The van der Waals surface area contributed by atoms with E-state index in [4.69, 9.17) is 10.2 Å². The SMILES string of the molecule is Cc1ccsc1C(C)N(CC(=O)O)CC(=O)O. The predicted octanol–water partition coefficient (Wildman–Crippen LogP) is 1.59. The molecule has 0 aliphatic carbocycles. The molecule has 0 saturated heterocycles. The molecule has 1 aromatic rings. The Balaban J connectivity index is 2.85. The molecule has 0 radical (unpaired) electrons. The molecule has 17 heavy (non-hydrogen) atoms. The van der Waals surface area contributed by atoms with Crippen LogP contribution in [0.1, 0.15) is 23.4 Å². The number of hydrogen-bond acceptors (Lipinski definition) is 4. The zero-order valence-corrected chi connectivity index (χ0v) is 10.5. The number of rotatable bonds is 6. The number of carboxylic acids is 2. The molecule has 0 aliphatic rings. The van der Waals surface area contributed by atoms with Crippen LogP contribution in [0.5, 0.6) is 0 Å². The molecule has 0 aliphatic heterocycles. The monoisotopic (exact) mass is 257 g/mol. The maximum atomic E-state index is 10.7. The summed E-state index contributed by atoms with van der Waals surface area (Å²) in [6, 6.07) is 1.73. The van der Waals surface area contributed by atoms with Crippen LogP contribution in [0.25, 0.3) is 0 Å². The van der Waals surface area contributed by atoms with E-state index in [0.29, 0.717) is 0 Å². The van der Waals surface area contributed by atoms with Gasteiger partial charge in [0.1, 0.15) is 0 Å². The van der Waals surface area contributed by atoms with Crippen molar-refractivity contribution in [2.45, 2.75) is 19.9 Å². The molecule has 1 unspecified atom stereocenters. The van der Waals surface area contributed by atoms with Crippen molar-refractivity contribution in [2.75, 3.05) is 13.1 Å². The van der Waals surface area contributed by atoms with Crippen molar-refractivity contribution in [1.29, 1.82) is 0 Å². The van der Waals surface area contributed by atoms with E-state index in [-0.39, 0.29) is 19.1 Å². The number of aryl methyl sites for hydroxylation is 1. The van der Waals surface area contributed by atoms with E-state index in [1.807, 2.05) is 25.3 Å². The number of hydrogen-bond donors (Lipinski definition) is 2. The average Bonchev–Trinajstić information content (AvgIpc) is 2.61. The maximum absolute atomic E-state index is 10.7. The van der Waals surface area contributed by atoms with Gasteiger partial charge in [0.15, 0.2) is 0 Å². The van der Waals surface area contributed by atoms with Crippen LogP contribution in [-0.2, 0) is 9.59 Å². The summed E-state index contributed by atoms with van der Waals surface area (Å²) in [6.45, 7) is 3.21. The molecule has 5 nitrogen and oxygen atoms in total. The third-order valence-corrected chi connectivity index (χ3v) is 3.69. The molecular weight excluding hydrogens is 242 g/mol. The summed E-state index contributed by atoms with van der Waals surface area (Å²) in [5.41, 5.74) is 1.06. The van der Waals surface area contributed by atoms with Gasteiger partial charge in [-0.2, -0.15) is 0 Å². The Labute approximate surface area is 103 Å². The smallest absolute Gasteiger partial charge is 0.317 e. The van der Waals surface area contributed by atoms with Gasteiger partial charge in [0, 0.05) is 10.9 Å². The van der Waals surface area contributed by atoms with Crippen molar-refractivity contribution in [2.24, 2.45) is 0 Å². The zero-order chi connectivity index (χ0) is 13.0. The number of aliphatic carboxylic acids is 2. The second-order valence-electron chi connectivity index (χ2n) is 3.84. The van der Waals surface area contributed by atoms with Crippen LogP contribution in [0.4, 0.5) is 0 Å². The van der Waals surface area contributed by atoms with Crippen molar-refractivity contribution in [1.82, 2.24) is 4.90 Å². The first-order valence-corrected chi connectivity index (χ1v) is 6.01. The van der Waals surface area contributed by atoms with Gasteiger partial charge in [-0.3, -0.25) is 14.5 Å². The summed E-state index contributed by atoms with van der Waals surface area (Å²) in [6.07, 6.45) is 0. The molecule has 1 atom stereocenters. The van der Waals surface area contributed by atoms with Crippen LogP contribution < -0.4 is 0 Å². The van der Waals surface area contributed by atoms with Crippen molar-refractivity contribution in [3.63, 3.8) is 0 Å². The summed E-state index contributed by atoms with van der Waals surface area (Å²) in [7, 11) is 0. The summed E-state index contributed by atoms with van der Waals surface area (Å²) in [5, 5.41) is 19.5. The number of carboxylic acid groups (broad SMARTS) is 2. The molecule has 6 heteroatoms. The van der Waals surface area contributed by atoms with Crippen LogP contribution in [0.15, 0.2) is 11.4 Å². The van der Waals surface area contributed by atoms with Crippen LogP contribution in [0.3, 0.4) is 0 Å². The van der Waals surface area contributed by atoms with E-state index in [0.717, 1.165) is 10.4 Å². The van der Waals surface area contributed by atoms with Gasteiger partial charge in [-0.05, 0) is 30.9 Å². The van der Waals surface area contributed by atoms with E-state index in [1.54, 1.807) is 0 Å². The number of carbonyl (C=O) groups is 2. The van der Waals surface area contributed by atoms with Crippen molar-refractivity contribution >= 4 is 23.3 Å². The first-order valence-electron chi connectivity index (χ1n) is 5.13. The largest absolute Gasteiger partial charge is 0.480 e. The summed E-state index contributed by atoms with van der Waals surface area (Å²) >= 11 is 1.51. The van der Waals surface area contributed by atoms with Gasteiger partial charge in [0.2, 0.25) is 0 Å². The molecule has 2 N–H and O–H groups in total. The number of nitrogens with zero attached hydrogens (tertiary/aromatic N) is 1. The first-order chi connectivity index (χ1) is 7.91. The van der Waals surface area contributed by atoms with Crippen LogP contribution >= 0.6 is 11.3 Å².